The van der Waals surface area contributed by atoms with E-state index in [1.54, 1.807) is 19.1 Å². The van der Waals surface area contributed by atoms with E-state index in [0.717, 1.165) is 5.56 Å². The van der Waals surface area contributed by atoms with E-state index in [1.165, 1.54) is 6.07 Å². The molecule has 1 aromatic carbocycles. The van der Waals surface area contributed by atoms with Crippen molar-refractivity contribution < 1.29 is 18.3 Å². The van der Waals surface area contributed by atoms with E-state index in [2.05, 4.69) is 4.74 Å². The summed E-state index contributed by atoms with van der Waals surface area (Å²) in [5.41, 5.74) is 6.61. The minimum atomic E-state index is -2.85. The second-order valence-corrected chi connectivity index (χ2v) is 3.77. The van der Waals surface area contributed by atoms with Crippen molar-refractivity contribution in [2.24, 2.45) is 5.73 Å². The molecule has 0 saturated heterocycles. The average molecular weight is 245 g/mol. The number of benzene rings is 1. The third-order valence-corrected chi connectivity index (χ3v) is 2.08. The van der Waals surface area contributed by atoms with Gasteiger partial charge in [-0.15, -0.1) is 0 Å². The van der Waals surface area contributed by atoms with Gasteiger partial charge in [0.15, 0.2) is 11.5 Å². The molecular formula is C12H17F2NO2. The predicted octanol–water partition coefficient (Wildman–Crippen LogP) is 2.58. The Morgan fingerprint density at radius 3 is 2.53 bits per heavy atom. The first-order valence-electron chi connectivity index (χ1n) is 5.49. The molecule has 0 heterocycles. The quantitative estimate of drug-likeness (QED) is 0.837. The summed E-state index contributed by atoms with van der Waals surface area (Å²) in [5, 5.41) is 0. The van der Waals surface area contributed by atoms with Gasteiger partial charge in [0.1, 0.15) is 0 Å². The van der Waals surface area contributed by atoms with Crippen LogP contribution in [0.5, 0.6) is 11.5 Å². The van der Waals surface area contributed by atoms with E-state index < -0.39 is 6.61 Å². The van der Waals surface area contributed by atoms with Crippen LogP contribution in [0.1, 0.15) is 19.4 Å². The molecule has 0 aromatic heterocycles. The summed E-state index contributed by atoms with van der Waals surface area (Å²) in [5.74, 6) is 0.376. The zero-order valence-electron chi connectivity index (χ0n) is 9.95. The highest BCUT2D eigenvalue weighted by Crippen LogP contribution is 2.30. The molecule has 1 rings (SSSR count). The molecule has 0 aliphatic rings. The highest BCUT2D eigenvalue weighted by molar-refractivity contribution is 5.43. The van der Waals surface area contributed by atoms with E-state index in [-0.39, 0.29) is 11.8 Å². The molecule has 5 heteroatoms. The van der Waals surface area contributed by atoms with Gasteiger partial charge in [-0.05, 0) is 38.0 Å². The van der Waals surface area contributed by atoms with Crippen LogP contribution in [0.3, 0.4) is 0 Å². The standard InChI is InChI=1S/C12H17F2NO2/c1-3-16-11-7-9(6-8(2)15)4-5-10(11)17-12(13)14/h4-5,7-8,12H,3,6,15H2,1-2H3. The number of rotatable bonds is 6. The van der Waals surface area contributed by atoms with Crippen molar-refractivity contribution in [2.45, 2.75) is 32.9 Å². The van der Waals surface area contributed by atoms with Crippen LogP contribution in [-0.4, -0.2) is 19.3 Å². The van der Waals surface area contributed by atoms with Crippen molar-refractivity contribution in [2.75, 3.05) is 6.61 Å². The van der Waals surface area contributed by atoms with Crippen LogP contribution < -0.4 is 15.2 Å². The smallest absolute Gasteiger partial charge is 0.387 e. The van der Waals surface area contributed by atoms with Crippen molar-refractivity contribution in [3.8, 4) is 11.5 Å². The lowest BCUT2D eigenvalue weighted by Gasteiger charge is -2.13. The molecule has 1 unspecified atom stereocenters. The molecule has 17 heavy (non-hydrogen) atoms. The summed E-state index contributed by atoms with van der Waals surface area (Å²) >= 11 is 0. The van der Waals surface area contributed by atoms with Gasteiger partial charge in [0.2, 0.25) is 0 Å². The first kappa shape index (κ1) is 13.7. The largest absolute Gasteiger partial charge is 0.490 e. The molecule has 3 nitrogen and oxygen atoms in total. The van der Waals surface area contributed by atoms with E-state index in [4.69, 9.17) is 10.5 Å². The molecule has 1 aromatic rings. The van der Waals surface area contributed by atoms with Gasteiger partial charge in [0.25, 0.3) is 0 Å². The number of halogens is 2. The van der Waals surface area contributed by atoms with E-state index in [1.807, 2.05) is 6.92 Å². The van der Waals surface area contributed by atoms with Crippen molar-refractivity contribution in [1.82, 2.24) is 0 Å². The molecular weight excluding hydrogens is 228 g/mol. The third-order valence-electron chi connectivity index (χ3n) is 2.08. The van der Waals surface area contributed by atoms with Gasteiger partial charge >= 0.3 is 6.61 Å². The molecule has 0 aliphatic carbocycles. The number of nitrogens with two attached hydrogens (primary N) is 1. The Kier molecular flexibility index (Phi) is 5.15. The van der Waals surface area contributed by atoms with Crippen LogP contribution in [0, 0.1) is 0 Å². The second kappa shape index (κ2) is 6.39. The van der Waals surface area contributed by atoms with Crippen molar-refractivity contribution in [3.63, 3.8) is 0 Å². The number of alkyl halides is 2. The molecule has 0 amide bonds. The summed E-state index contributed by atoms with van der Waals surface area (Å²) in [6.07, 6.45) is 0.662. The van der Waals surface area contributed by atoms with E-state index >= 15 is 0 Å². The maximum Gasteiger partial charge on any atom is 0.387 e. The maximum absolute atomic E-state index is 12.2. The predicted molar refractivity (Wildman–Crippen MR) is 61.6 cm³/mol. The van der Waals surface area contributed by atoms with Crippen molar-refractivity contribution in [3.05, 3.63) is 23.8 Å². The zero-order chi connectivity index (χ0) is 12.8. The third kappa shape index (κ3) is 4.56. The van der Waals surface area contributed by atoms with Crippen LogP contribution >= 0.6 is 0 Å². The lowest BCUT2D eigenvalue weighted by Crippen LogP contribution is -2.17. The molecule has 1 atom stereocenters. The lowest BCUT2D eigenvalue weighted by atomic mass is 10.1. The lowest BCUT2D eigenvalue weighted by molar-refractivity contribution is -0.0514. The molecule has 0 spiro atoms. The Balaban J connectivity index is 2.90. The normalized spacial score (nSPS) is 12.6. The van der Waals surface area contributed by atoms with Crippen LogP contribution in [0.2, 0.25) is 0 Å². The van der Waals surface area contributed by atoms with Crippen molar-refractivity contribution >= 4 is 0 Å². The Morgan fingerprint density at radius 2 is 2.00 bits per heavy atom. The van der Waals surface area contributed by atoms with Gasteiger partial charge in [-0.2, -0.15) is 8.78 Å². The fourth-order valence-electron chi connectivity index (χ4n) is 1.51. The Bertz CT molecular complexity index is 356. The Morgan fingerprint density at radius 1 is 1.29 bits per heavy atom. The van der Waals surface area contributed by atoms with E-state index in [0.29, 0.717) is 18.8 Å². The fourth-order valence-corrected chi connectivity index (χ4v) is 1.51. The minimum Gasteiger partial charge on any atom is -0.490 e. The number of hydrogen-bond acceptors (Lipinski definition) is 3. The maximum atomic E-state index is 12.2. The molecule has 0 bridgehead atoms. The summed E-state index contributed by atoms with van der Waals surface area (Å²) in [6.45, 7) is 1.20. The highest BCUT2D eigenvalue weighted by Gasteiger charge is 2.11. The highest BCUT2D eigenvalue weighted by atomic mass is 19.3. The Hall–Kier alpha value is -1.36. The Labute approximate surface area is 99.5 Å². The average Bonchev–Trinajstić information content (AvgIpc) is 2.21. The summed E-state index contributed by atoms with van der Waals surface area (Å²) in [4.78, 5) is 0. The van der Waals surface area contributed by atoms with E-state index in [9.17, 15) is 8.78 Å². The molecule has 0 aliphatic heterocycles. The van der Waals surface area contributed by atoms with Crippen LogP contribution in [0.15, 0.2) is 18.2 Å². The molecule has 0 radical (unpaired) electrons. The van der Waals surface area contributed by atoms with Gasteiger partial charge in [-0.3, -0.25) is 0 Å². The number of ether oxygens (including phenoxy) is 2. The van der Waals surface area contributed by atoms with Crippen molar-refractivity contribution in [1.29, 1.82) is 0 Å². The molecule has 96 valence electrons. The van der Waals surface area contributed by atoms with Crippen LogP contribution in [-0.2, 0) is 6.42 Å². The molecule has 0 fully saturated rings. The van der Waals surface area contributed by atoms with Gasteiger partial charge in [-0.1, -0.05) is 6.07 Å². The van der Waals surface area contributed by atoms with Gasteiger partial charge in [-0.25, -0.2) is 0 Å². The SMILES string of the molecule is CCOc1cc(CC(C)N)ccc1OC(F)F. The second-order valence-electron chi connectivity index (χ2n) is 3.77. The summed E-state index contributed by atoms with van der Waals surface area (Å²) < 4.78 is 33.9. The zero-order valence-corrected chi connectivity index (χ0v) is 9.95. The van der Waals surface area contributed by atoms with Gasteiger partial charge in [0.05, 0.1) is 6.61 Å². The number of hydrogen-bond donors (Lipinski definition) is 1. The minimum absolute atomic E-state index is 0.00587. The molecule has 2 N–H and O–H groups in total. The molecule has 0 saturated carbocycles. The monoisotopic (exact) mass is 245 g/mol. The summed E-state index contributed by atoms with van der Waals surface area (Å²) in [7, 11) is 0. The first-order chi connectivity index (χ1) is 8.02. The van der Waals surface area contributed by atoms with Crippen LogP contribution in [0.25, 0.3) is 0 Å². The summed E-state index contributed by atoms with van der Waals surface area (Å²) in [6, 6.07) is 4.88. The van der Waals surface area contributed by atoms with Crippen LogP contribution in [0.4, 0.5) is 8.78 Å². The topological polar surface area (TPSA) is 44.5 Å². The fraction of sp³-hybridized carbons (Fsp3) is 0.500. The van der Waals surface area contributed by atoms with Gasteiger partial charge < -0.3 is 15.2 Å². The van der Waals surface area contributed by atoms with Gasteiger partial charge in [0, 0.05) is 6.04 Å². The first-order valence-corrected chi connectivity index (χ1v) is 5.49.